The van der Waals surface area contributed by atoms with E-state index in [1.165, 1.54) is 0 Å². The van der Waals surface area contributed by atoms with Crippen molar-refractivity contribution >= 4 is 0 Å². The van der Waals surface area contributed by atoms with Crippen LogP contribution in [0.2, 0.25) is 0 Å². The molecule has 3 rings (SSSR count). The molecule has 7 nitrogen and oxygen atoms in total. The van der Waals surface area contributed by atoms with E-state index in [-0.39, 0.29) is 0 Å². The topological polar surface area (TPSA) is 81.7 Å². The normalized spacial score (nSPS) is 10.8. The van der Waals surface area contributed by atoms with Crippen molar-refractivity contribution in [3.05, 3.63) is 42.4 Å². The molecule has 0 unspecified atom stereocenters. The molecule has 1 N–H and O–H groups in total. The number of tetrazole rings is 1. The summed E-state index contributed by atoms with van der Waals surface area (Å²) in [7, 11) is 0. The fraction of sp³-hybridized carbons (Fsp3) is 0.231. The van der Waals surface area contributed by atoms with Crippen LogP contribution in [0.5, 0.6) is 0 Å². The van der Waals surface area contributed by atoms with Crippen molar-refractivity contribution in [3.8, 4) is 17.0 Å². The summed E-state index contributed by atoms with van der Waals surface area (Å²) >= 11 is 0. The maximum atomic E-state index is 5.37. The molecule has 0 saturated heterocycles. The van der Waals surface area contributed by atoms with E-state index in [9.17, 15) is 0 Å². The Labute approximate surface area is 115 Å². The van der Waals surface area contributed by atoms with Crippen LogP contribution in [0.3, 0.4) is 0 Å². The zero-order chi connectivity index (χ0) is 13.8. The first kappa shape index (κ1) is 12.5. The number of nitrogens with one attached hydrogen (secondary N) is 1. The van der Waals surface area contributed by atoms with Gasteiger partial charge in [-0.05, 0) is 29.1 Å². The van der Waals surface area contributed by atoms with E-state index in [1.54, 1.807) is 17.2 Å². The summed E-state index contributed by atoms with van der Waals surface area (Å²) in [6.45, 7) is 3.69. The lowest BCUT2D eigenvalue weighted by Gasteiger charge is -2.04. The molecule has 0 aliphatic carbocycles. The molecule has 0 radical (unpaired) electrons. The molecule has 20 heavy (non-hydrogen) atoms. The third-order valence-corrected chi connectivity index (χ3v) is 2.93. The van der Waals surface area contributed by atoms with Crippen LogP contribution in [0.4, 0.5) is 0 Å². The van der Waals surface area contributed by atoms with Gasteiger partial charge in [-0.1, -0.05) is 24.2 Å². The van der Waals surface area contributed by atoms with Crippen molar-refractivity contribution < 1.29 is 4.52 Å². The standard InChI is InChI=1S/C13H14N6O/c1-2-14-7-11-8-16-20-13(11)10-4-3-5-12(6-10)19-9-15-17-18-19/h3-6,8-9,14H,2,7H2,1H3. The molecule has 0 aliphatic rings. The number of rotatable bonds is 5. The summed E-state index contributed by atoms with van der Waals surface area (Å²) < 4.78 is 6.97. The number of benzene rings is 1. The van der Waals surface area contributed by atoms with E-state index in [0.29, 0.717) is 0 Å². The Morgan fingerprint density at radius 2 is 2.30 bits per heavy atom. The fourth-order valence-corrected chi connectivity index (χ4v) is 1.95. The third-order valence-electron chi connectivity index (χ3n) is 2.93. The lowest BCUT2D eigenvalue weighted by Crippen LogP contribution is -2.11. The summed E-state index contributed by atoms with van der Waals surface area (Å²) in [5, 5.41) is 18.3. The van der Waals surface area contributed by atoms with Crippen LogP contribution < -0.4 is 5.32 Å². The molecule has 2 aromatic heterocycles. The average molecular weight is 270 g/mol. The highest BCUT2D eigenvalue weighted by atomic mass is 16.5. The van der Waals surface area contributed by atoms with Gasteiger partial charge in [-0.3, -0.25) is 0 Å². The van der Waals surface area contributed by atoms with Crippen LogP contribution in [-0.2, 0) is 6.54 Å². The lowest BCUT2D eigenvalue weighted by molar-refractivity contribution is 0.431. The summed E-state index contributed by atoms with van der Waals surface area (Å²) in [6.07, 6.45) is 3.29. The van der Waals surface area contributed by atoms with Crippen molar-refractivity contribution in [2.75, 3.05) is 6.54 Å². The summed E-state index contributed by atoms with van der Waals surface area (Å²) in [6, 6.07) is 7.81. The molecule has 102 valence electrons. The van der Waals surface area contributed by atoms with Gasteiger partial charge in [0.05, 0.1) is 11.9 Å². The van der Waals surface area contributed by atoms with E-state index >= 15 is 0 Å². The lowest BCUT2D eigenvalue weighted by atomic mass is 10.1. The predicted octanol–water partition coefficient (Wildman–Crippen LogP) is 1.43. The van der Waals surface area contributed by atoms with E-state index < -0.39 is 0 Å². The fourth-order valence-electron chi connectivity index (χ4n) is 1.95. The van der Waals surface area contributed by atoms with E-state index in [4.69, 9.17) is 4.52 Å². The van der Waals surface area contributed by atoms with Crippen molar-refractivity contribution in [2.24, 2.45) is 0 Å². The van der Waals surface area contributed by atoms with Gasteiger partial charge in [-0.25, -0.2) is 4.68 Å². The first-order valence-electron chi connectivity index (χ1n) is 6.36. The summed E-state index contributed by atoms with van der Waals surface area (Å²) in [5.41, 5.74) is 2.85. The molecule has 0 amide bonds. The van der Waals surface area contributed by atoms with Crippen molar-refractivity contribution in [1.82, 2.24) is 30.7 Å². The second-order valence-corrected chi connectivity index (χ2v) is 4.27. The Bertz CT molecular complexity index is 676. The first-order valence-corrected chi connectivity index (χ1v) is 6.36. The summed E-state index contributed by atoms with van der Waals surface area (Å²) in [5.74, 6) is 0.765. The zero-order valence-corrected chi connectivity index (χ0v) is 11.0. The van der Waals surface area contributed by atoms with Crippen LogP contribution in [0.25, 0.3) is 17.0 Å². The van der Waals surface area contributed by atoms with Crippen LogP contribution in [-0.4, -0.2) is 31.9 Å². The maximum absolute atomic E-state index is 5.37. The molecule has 3 aromatic rings. The quantitative estimate of drug-likeness (QED) is 0.755. The van der Waals surface area contributed by atoms with Gasteiger partial charge in [0.25, 0.3) is 0 Å². The minimum Gasteiger partial charge on any atom is -0.356 e. The SMILES string of the molecule is CCNCc1cnoc1-c1cccc(-n2cnnn2)c1. The molecule has 0 bridgehead atoms. The number of nitrogens with zero attached hydrogens (tertiary/aromatic N) is 5. The predicted molar refractivity (Wildman–Crippen MR) is 72.0 cm³/mol. The molecule has 0 fully saturated rings. The number of aromatic nitrogens is 5. The second-order valence-electron chi connectivity index (χ2n) is 4.27. The molecule has 0 saturated carbocycles. The largest absolute Gasteiger partial charge is 0.356 e. The van der Waals surface area contributed by atoms with Gasteiger partial charge < -0.3 is 9.84 Å². The molecule has 0 atom stereocenters. The van der Waals surface area contributed by atoms with Gasteiger partial charge in [0, 0.05) is 17.7 Å². The monoisotopic (exact) mass is 270 g/mol. The molecule has 7 heteroatoms. The minimum atomic E-state index is 0.727. The number of hydrogen-bond donors (Lipinski definition) is 1. The van der Waals surface area contributed by atoms with Gasteiger partial charge in [-0.2, -0.15) is 0 Å². The first-order chi connectivity index (χ1) is 9.88. The minimum absolute atomic E-state index is 0.727. The van der Waals surface area contributed by atoms with Gasteiger partial charge in [0.15, 0.2) is 5.76 Å². The van der Waals surface area contributed by atoms with Gasteiger partial charge >= 0.3 is 0 Å². The van der Waals surface area contributed by atoms with Crippen LogP contribution in [0, 0.1) is 0 Å². The van der Waals surface area contributed by atoms with Crippen molar-refractivity contribution in [1.29, 1.82) is 0 Å². The molecule has 1 aromatic carbocycles. The smallest absolute Gasteiger partial charge is 0.171 e. The second kappa shape index (κ2) is 5.62. The number of hydrogen-bond acceptors (Lipinski definition) is 6. The Hall–Kier alpha value is -2.54. The Morgan fingerprint density at radius 3 is 3.10 bits per heavy atom. The van der Waals surface area contributed by atoms with E-state index in [2.05, 4.69) is 32.9 Å². The van der Waals surface area contributed by atoms with Gasteiger partial charge in [0.2, 0.25) is 0 Å². The highest BCUT2D eigenvalue weighted by Gasteiger charge is 2.11. The molecule has 0 aliphatic heterocycles. The Morgan fingerprint density at radius 1 is 1.35 bits per heavy atom. The zero-order valence-electron chi connectivity index (χ0n) is 11.0. The van der Waals surface area contributed by atoms with E-state index in [1.807, 2.05) is 24.3 Å². The maximum Gasteiger partial charge on any atom is 0.171 e. The van der Waals surface area contributed by atoms with Crippen molar-refractivity contribution in [2.45, 2.75) is 13.5 Å². The van der Waals surface area contributed by atoms with Gasteiger partial charge in [-0.15, -0.1) is 5.10 Å². The highest BCUT2D eigenvalue weighted by molar-refractivity contribution is 5.63. The molecular weight excluding hydrogens is 256 g/mol. The molecular formula is C13H14N6O. The molecule has 0 spiro atoms. The van der Waals surface area contributed by atoms with Gasteiger partial charge in [0.1, 0.15) is 6.33 Å². The van der Waals surface area contributed by atoms with E-state index in [0.717, 1.165) is 35.7 Å². The van der Waals surface area contributed by atoms with Crippen molar-refractivity contribution in [3.63, 3.8) is 0 Å². The highest BCUT2D eigenvalue weighted by Crippen LogP contribution is 2.25. The molecule has 2 heterocycles. The Kier molecular flexibility index (Phi) is 3.51. The Balaban J connectivity index is 1.95. The third kappa shape index (κ3) is 2.43. The van der Waals surface area contributed by atoms with Crippen LogP contribution in [0.1, 0.15) is 12.5 Å². The summed E-state index contributed by atoms with van der Waals surface area (Å²) in [4.78, 5) is 0. The van der Waals surface area contributed by atoms with Crippen LogP contribution >= 0.6 is 0 Å². The average Bonchev–Trinajstić information content (AvgIpc) is 3.16. The van der Waals surface area contributed by atoms with Crippen LogP contribution in [0.15, 0.2) is 41.3 Å².